The van der Waals surface area contributed by atoms with Crippen LogP contribution in [0.4, 0.5) is 11.4 Å². The summed E-state index contributed by atoms with van der Waals surface area (Å²) < 4.78 is 0. The molecular weight excluding hydrogens is 378 g/mol. The zero-order valence-corrected chi connectivity index (χ0v) is 15.8. The van der Waals surface area contributed by atoms with Crippen molar-refractivity contribution in [3.8, 4) is 0 Å². The van der Waals surface area contributed by atoms with Gasteiger partial charge in [0.15, 0.2) is 0 Å². The molecule has 28 heavy (non-hydrogen) atoms. The van der Waals surface area contributed by atoms with E-state index in [0.29, 0.717) is 11.0 Å². The Morgan fingerprint density at radius 3 is 2.79 bits per heavy atom. The van der Waals surface area contributed by atoms with Gasteiger partial charge in [-0.15, -0.1) is 5.10 Å². The van der Waals surface area contributed by atoms with Crippen molar-refractivity contribution in [2.75, 3.05) is 11.1 Å². The fraction of sp³-hybridized carbons (Fsp3) is 0.105. The summed E-state index contributed by atoms with van der Waals surface area (Å²) in [5.74, 6) is 0.231. The number of aromatic nitrogens is 3. The quantitative estimate of drug-likeness (QED) is 0.356. The van der Waals surface area contributed by atoms with Crippen molar-refractivity contribution >= 4 is 41.2 Å². The predicted molar refractivity (Wildman–Crippen MR) is 109 cm³/mol. The first-order valence-corrected chi connectivity index (χ1v) is 9.33. The summed E-state index contributed by atoms with van der Waals surface area (Å²) in [7, 11) is 0. The van der Waals surface area contributed by atoms with Crippen LogP contribution in [-0.2, 0) is 4.79 Å². The van der Waals surface area contributed by atoms with Crippen molar-refractivity contribution in [1.82, 2.24) is 15.2 Å². The van der Waals surface area contributed by atoms with Crippen LogP contribution < -0.4 is 5.32 Å². The summed E-state index contributed by atoms with van der Waals surface area (Å²) in [5.41, 5.74) is 1.82. The lowest BCUT2D eigenvalue weighted by Gasteiger charge is -2.05. The molecule has 0 aliphatic carbocycles. The zero-order valence-electron chi connectivity index (χ0n) is 15.0. The molecule has 2 aromatic carbocycles. The minimum absolute atomic E-state index is 0.0325. The molecule has 0 saturated heterocycles. The second-order valence-corrected chi connectivity index (χ2v) is 6.80. The van der Waals surface area contributed by atoms with Gasteiger partial charge in [0.2, 0.25) is 11.1 Å². The Bertz CT molecular complexity index is 1020. The van der Waals surface area contributed by atoms with E-state index in [-0.39, 0.29) is 23.0 Å². The number of H-pyrrole nitrogens is 1. The Labute approximate surface area is 165 Å². The lowest BCUT2D eigenvalue weighted by molar-refractivity contribution is -0.384. The molecule has 0 saturated carbocycles. The molecule has 0 aliphatic rings. The number of nitro benzene ring substituents is 1. The van der Waals surface area contributed by atoms with Crippen molar-refractivity contribution in [2.45, 2.75) is 12.1 Å². The minimum atomic E-state index is -0.517. The van der Waals surface area contributed by atoms with Gasteiger partial charge in [-0.1, -0.05) is 54.2 Å². The lowest BCUT2D eigenvalue weighted by atomic mass is 10.2. The van der Waals surface area contributed by atoms with E-state index in [1.54, 1.807) is 19.1 Å². The molecule has 1 amide bonds. The first-order valence-electron chi connectivity index (χ1n) is 8.34. The fourth-order valence-corrected chi connectivity index (χ4v) is 2.96. The van der Waals surface area contributed by atoms with Crippen LogP contribution in [0.3, 0.4) is 0 Å². The lowest BCUT2D eigenvalue weighted by Crippen LogP contribution is -2.15. The molecule has 0 unspecified atom stereocenters. The Balaban J connectivity index is 1.56. The van der Waals surface area contributed by atoms with Gasteiger partial charge >= 0.3 is 0 Å². The first kappa shape index (κ1) is 19.3. The molecule has 0 aliphatic heterocycles. The van der Waals surface area contributed by atoms with Crippen LogP contribution in [0.2, 0.25) is 0 Å². The number of amides is 1. The number of carbonyl (C=O) groups is 1. The van der Waals surface area contributed by atoms with Crippen LogP contribution in [0.15, 0.2) is 53.7 Å². The molecule has 2 N–H and O–H groups in total. The number of hydrogen-bond acceptors (Lipinski definition) is 6. The Morgan fingerprint density at radius 1 is 1.25 bits per heavy atom. The molecule has 9 heteroatoms. The number of aromatic amines is 1. The number of carbonyl (C=O) groups excluding carboxylic acids is 1. The van der Waals surface area contributed by atoms with Crippen LogP contribution in [-0.4, -0.2) is 31.8 Å². The minimum Gasteiger partial charge on any atom is -0.320 e. The number of anilines is 1. The molecular formula is C19H17N5O3S. The van der Waals surface area contributed by atoms with Crippen molar-refractivity contribution in [1.29, 1.82) is 0 Å². The van der Waals surface area contributed by atoms with E-state index >= 15 is 0 Å². The van der Waals surface area contributed by atoms with Crippen LogP contribution >= 0.6 is 11.8 Å². The Morgan fingerprint density at radius 2 is 2.04 bits per heavy atom. The molecule has 0 atom stereocenters. The number of nitrogens with one attached hydrogen (secondary N) is 2. The van der Waals surface area contributed by atoms with Crippen LogP contribution in [0.5, 0.6) is 0 Å². The summed E-state index contributed by atoms with van der Waals surface area (Å²) in [5, 5.41) is 20.9. The monoisotopic (exact) mass is 395 g/mol. The van der Waals surface area contributed by atoms with Gasteiger partial charge in [0, 0.05) is 6.07 Å². The summed E-state index contributed by atoms with van der Waals surface area (Å²) in [6.45, 7) is 1.75. The van der Waals surface area contributed by atoms with Gasteiger partial charge in [-0.3, -0.25) is 20.0 Å². The van der Waals surface area contributed by atoms with E-state index in [0.717, 1.165) is 22.9 Å². The molecule has 0 fully saturated rings. The second kappa shape index (κ2) is 8.96. The molecule has 0 spiro atoms. The average Bonchev–Trinajstić information content (AvgIpc) is 3.15. The van der Waals surface area contributed by atoms with Gasteiger partial charge in [-0.2, -0.15) is 0 Å². The highest BCUT2D eigenvalue weighted by Crippen LogP contribution is 2.25. The zero-order chi connectivity index (χ0) is 19.9. The summed E-state index contributed by atoms with van der Waals surface area (Å²) in [4.78, 5) is 27.0. The molecule has 3 aromatic rings. The smallest absolute Gasteiger partial charge is 0.293 e. The largest absolute Gasteiger partial charge is 0.320 e. The number of benzene rings is 2. The van der Waals surface area contributed by atoms with E-state index in [1.807, 2.05) is 36.4 Å². The van der Waals surface area contributed by atoms with Crippen LogP contribution in [0.25, 0.3) is 12.2 Å². The van der Waals surface area contributed by atoms with E-state index in [9.17, 15) is 14.9 Å². The average molecular weight is 395 g/mol. The summed E-state index contributed by atoms with van der Waals surface area (Å²) >= 11 is 1.14. The van der Waals surface area contributed by atoms with E-state index in [4.69, 9.17) is 0 Å². The SMILES string of the molecule is Cc1ccc(NC(=O)CSc2n[nH]c(/C=C/c3ccccc3)n2)c([N+](=O)[O-])c1. The highest BCUT2D eigenvalue weighted by molar-refractivity contribution is 7.99. The third-order valence-electron chi connectivity index (χ3n) is 3.67. The van der Waals surface area contributed by atoms with E-state index in [2.05, 4.69) is 20.5 Å². The number of hydrogen-bond donors (Lipinski definition) is 2. The van der Waals surface area contributed by atoms with Crippen LogP contribution in [0, 0.1) is 17.0 Å². The van der Waals surface area contributed by atoms with Gasteiger partial charge in [-0.25, -0.2) is 4.98 Å². The molecule has 8 nitrogen and oxygen atoms in total. The molecule has 142 valence electrons. The predicted octanol–water partition coefficient (Wildman–Crippen LogP) is 3.92. The highest BCUT2D eigenvalue weighted by atomic mass is 32.2. The van der Waals surface area contributed by atoms with Gasteiger partial charge in [0.25, 0.3) is 5.69 Å². The Hall–Kier alpha value is -3.46. The maximum absolute atomic E-state index is 12.1. The van der Waals surface area contributed by atoms with Gasteiger partial charge in [-0.05, 0) is 30.2 Å². The maximum Gasteiger partial charge on any atom is 0.293 e. The molecule has 3 rings (SSSR count). The highest BCUT2D eigenvalue weighted by Gasteiger charge is 2.16. The molecule has 1 aromatic heterocycles. The van der Waals surface area contributed by atoms with Crippen molar-refractivity contribution in [3.63, 3.8) is 0 Å². The van der Waals surface area contributed by atoms with Crippen molar-refractivity contribution in [2.24, 2.45) is 0 Å². The molecule has 0 bridgehead atoms. The number of nitro groups is 1. The summed E-state index contributed by atoms with van der Waals surface area (Å²) in [6, 6.07) is 14.4. The second-order valence-electron chi connectivity index (χ2n) is 5.86. The fourth-order valence-electron chi connectivity index (χ4n) is 2.35. The number of nitrogens with zero attached hydrogens (tertiary/aromatic N) is 3. The third kappa shape index (κ3) is 5.27. The van der Waals surface area contributed by atoms with E-state index in [1.165, 1.54) is 12.1 Å². The van der Waals surface area contributed by atoms with Gasteiger partial charge < -0.3 is 5.32 Å². The number of rotatable bonds is 7. The molecule has 0 radical (unpaired) electrons. The maximum atomic E-state index is 12.1. The normalized spacial score (nSPS) is 10.9. The topological polar surface area (TPSA) is 114 Å². The van der Waals surface area contributed by atoms with Crippen molar-refractivity contribution < 1.29 is 9.72 Å². The number of aryl methyl sites for hydroxylation is 1. The first-order chi connectivity index (χ1) is 13.5. The van der Waals surface area contributed by atoms with Crippen molar-refractivity contribution in [3.05, 3.63) is 75.6 Å². The van der Waals surface area contributed by atoms with Gasteiger partial charge in [0.05, 0.1) is 10.7 Å². The van der Waals surface area contributed by atoms with E-state index < -0.39 is 4.92 Å². The number of thioether (sulfide) groups is 1. The standard InChI is InChI=1S/C19H17N5O3S/c1-13-7-9-15(16(11-13)24(26)27)20-18(25)12-28-19-21-17(22-23-19)10-8-14-5-3-2-4-6-14/h2-11H,12H2,1H3,(H,20,25)(H,21,22,23)/b10-8+. The molecule has 1 heterocycles. The van der Waals surface area contributed by atoms with Crippen LogP contribution in [0.1, 0.15) is 17.0 Å². The third-order valence-corrected chi connectivity index (χ3v) is 4.52. The Kier molecular flexibility index (Phi) is 6.18. The summed E-state index contributed by atoms with van der Waals surface area (Å²) in [6.07, 6.45) is 3.69. The van der Waals surface area contributed by atoms with Gasteiger partial charge in [0.1, 0.15) is 11.5 Å².